The van der Waals surface area contributed by atoms with Crippen molar-refractivity contribution in [1.82, 2.24) is 15.0 Å². The summed E-state index contributed by atoms with van der Waals surface area (Å²) in [7, 11) is -9.18. The van der Waals surface area contributed by atoms with Crippen LogP contribution in [0.2, 0.25) is 0 Å². The molecule has 4 aromatic carbocycles. The number of fused-ring (bicyclic) bond motifs is 1. The van der Waals surface area contributed by atoms with Gasteiger partial charge in [-0.15, -0.1) is 5.11 Å². The fourth-order valence-corrected chi connectivity index (χ4v) is 5.72. The average Bonchev–Trinajstić information content (AvgIpc) is 3.08. The van der Waals surface area contributed by atoms with E-state index in [1.807, 2.05) is 0 Å². The number of phenolic OH excluding ortho intramolecular Hbond substituents is 2. The fraction of sp³-hybridized carbons (Fsp3) is 0.100. The Labute approximate surface area is 327 Å². The summed E-state index contributed by atoms with van der Waals surface area (Å²) in [5.41, 5.74) is -0.690. The minimum Gasteiger partial charge on any atom is -0.748 e. The summed E-state index contributed by atoms with van der Waals surface area (Å²) in [4.78, 5) is 35.2. The van der Waals surface area contributed by atoms with E-state index < -0.39 is 55.1 Å². The van der Waals surface area contributed by atoms with Gasteiger partial charge in [0.2, 0.25) is 17.8 Å². The first-order valence-electron chi connectivity index (χ1n) is 14.7. The molecule has 0 radical (unpaired) electrons. The number of azo groups is 1. The number of hydrogen-bond donors (Lipinski definition) is 8. The minimum absolute atomic E-state index is 0. The Morgan fingerprint density at radius 2 is 1.44 bits per heavy atom. The van der Waals surface area contributed by atoms with E-state index in [-0.39, 0.29) is 97.7 Å². The largest absolute Gasteiger partial charge is 1.00 e. The Morgan fingerprint density at radius 1 is 0.852 bits per heavy atom. The number of benzene rings is 4. The van der Waals surface area contributed by atoms with Gasteiger partial charge in [-0.2, -0.15) is 38.7 Å². The van der Waals surface area contributed by atoms with Crippen LogP contribution in [0.3, 0.4) is 0 Å². The molecule has 276 valence electrons. The average molecular weight is 792 g/mol. The topological polar surface area (TPSA) is 341 Å². The maximum atomic E-state index is 12.7. The van der Waals surface area contributed by atoms with Crippen molar-refractivity contribution in [3.05, 3.63) is 77.4 Å². The predicted molar refractivity (Wildman–Crippen MR) is 185 cm³/mol. The van der Waals surface area contributed by atoms with Crippen LogP contribution in [-0.2, 0) is 24.5 Å². The van der Waals surface area contributed by atoms with Crippen LogP contribution in [0.25, 0.3) is 10.8 Å². The molecule has 0 unspecified atom stereocenters. The molecule has 0 aliphatic carbocycles. The number of carboxylic acids is 2. The van der Waals surface area contributed by atoms with E-state index in [9.17, 15) is 51.4 Å². The molecule has 0 saturated heterocycles. The van der Waals surface area contributed by atoms with Gasteiger partial charge in [0, 0.05) is 17.6 Å². The van der Waals surface area contributed by atoms with E-state index in [0.717, 1.165) is 30.3 Å². The van der Waals surface area contributed by atoms with Gasteiger partial charge in [0.25, 0.3) is 0 Å². The second-order valence-corrected chi connectivity index (χ2v) is 14.0. The molecule has 0 aliphatic rings. The number of aromatic carboxylic acids is 2. The van der Waals surface area contributed by atoms with E-state index in [4.69, 9.17) is 5.90 Å². The van der Waals surface area contributed by atoms with Crippen LogP contribution in [-0.4, -0.2) is 81.0 Å². The molecule has 0 atom stereocenters. The second-order valence-electron chi connectivity index (χ2n) is 10.9. The smallest absolute Gasteiger partial charge is 0.748 e. The monoisotopic (exact) mass is 791 g/mol. The molecule has 1 aromatic heterocycles. The Hall–Kier alpha value is -5.53. The van der Waals surface area contributed by atoms with Gasteiger partial charge < -0.3 is 40.9 Å². The molecule has 0 amide bonds. The van der Waals surface area contributed by atoms with Gasteiger partial charge in [-0.25, -0.2) is 18.0 Å². The van der Waals surface area contributed by atoms with Crippen LogP contribution in [0, 0.1) is 6.92 Å². The van der Waals surface area contributed by atoms with E-state index in [0.29, 0.717) is 5.69 Å². The van der Waals surface area contributed by atoms with Crippen LogP contribution in [0.15, 0.2) is 75.8 Å². The van der Waals surface area contributed by atoms with E-state index in [1.54, 1.807) is 0 Å². The van der Waals surface area contributed by atoms with Crippen LogP contribution >= 0.6 is 0 Å². The zero-order valence-electron chi connectivity index (χ0n) is 27.9. The Balaban J connectivity index is 0.00000650. The number of aromatic hydroxyl groups is 2. The number of hydrogen-bond acceptors (Lipinski definition) is 19. The van der Waals surface area contributed by atoms with Gasteiger partial charge in [-0.1, -0.05) is 0 Å². The summed E-state index contributed by atoms with van der Waals surface area (Å²) in [6, 6.07) is 12.3. The minimum atomic E-state index is -4.62. The molecule has 0 aliphatic heterocycles. The summed E-state index contributed by atoms with van der Waals surface area (Å²) in [6.07, 6.45) is 0. The Kier molecular flexibility index (Phi) is 12.7. The molecular weight excluding hydrogens is 766 g/mol. The van der Waals surface area contributed by atoms with Crippen molar-refractivity contribution in [2.24, 2.45) is 16.1 Å². The van der Waals surface area contributed by atoms with Crippen LogP contribution in [0.4, 0.5) is 40.6 Å². The van der Waals surface area contributed by atoms with Crippen molar-refractivity contribution in [2.45, 2.75) is 11.8 Å². The predicted octanol–water partition coefficient (Wildman–Crippen LogP) is 0.584. The number of anilines is 5. The Morgan fingerprint density at radius 3 is 2.02 bits per heavy atom. The van der Waals surface area contributed by atoms with E-state index >= 15 is 0 Å². The van der Waals surface area contributed by atoms with Crippen LogP contribution in [0.1, 0.15) is 26.3 Å². The number of carboxylic acid groups (broad SMARTS) is 2. The zero-order valence-corrected chi connectivity index (χ0v) is 31.5. The molecule has 9 N–H and O–H groups in total. The number of phenols is 2. The zero-order chi connectivity index (χ0) is 38.7. The van der Waals surface area contributed by atoms with E-state index in [1.165, 1.54) is 37.3 Å². The molecule has 21 nitrogen and oxygen atoms in total. The number of aromatic nitrogens is 3. The van der Waals surface area contributed by atoms with Crippen molar-refractivity contribution in [3.63, 3.8) is 0 Å². The SMILES string of the molecule is Cc1cc2cc(S(=O)(=O)ON)cc(Nc3nc(NCCS(=O)(=O)[O-])nc(Nc4ccc(O)cc4)n3)c2c(O)c1N=Nc1cc(C(=O)O)cc(C(=O)O)c1.[Na+]. The summed E-state index contributed by atoms with van der Waals surface area (Å²) in [6.45, 7) is 1.08. The number of rotatable bonds is 14. The number of carbonyl (C=O) groups is 2. The quantitative estimate of drug-likeness (QED) is 0.0251. The van der Waals surface area contributed by atoms with Crippen molar-refractivity contribution in [2.75, 3.05) is 28.2 Å². The third kappa shape index (κ3) is 10.1. The van der Waals surface area contributed by atoms with Crippen LogP contribution < -0.4 is 51.4 Å². The van der Waals surface area contributed by atoms with Gasteiger partial charge in [0.15, 0.2) is 5.75 Å². The molecule has 0 saturated carbocycles. The number of aryl methyl sites for hydroxylation is 1. The standard InChI is InChI=1S/C30H27N9O12S2.Na/c1-14-8-15-12-21(53(49,50)51-31)13-22(23(15)25(41)24(14)39-38-19-10-16(26(42)43)9-17(11-19)27(44)45)34-30-36-28(32-6-7-52(46,47)48)35-29(37-30)33-18-2-4-20(40)5-3-18;/h2-5,8-13,40-41H,6-7,31H2,1H3,(H,42,43)(H,44,45)(H,46,47,48)(H3,32,33,34,35,36,37);/q;+1/p-1. The first-order chi connectivity index (χ1) is 24.9. The van der Waals surface area contributed by atoms with Crippen molar-refractivity contribution >= 4 is 83.5 Å². The fourth-order valence-electron chi connectivity index (χ4n) is 4.72. The molecule has 5 rings (SSSR count). The summed E-state index contributed by atoms with van der Waals surface area (Å²) in [5, 5.41) is 56.2. The second kappa shape index (κ2) is 16.6. The van der Waals surface area contributed by atoms with E-state index in [2.05, 4.69) is 45.4 Å². The van der Waals surface area contributed by atoms with Gasteiger partial charge in [-0.05, 0) is 78.5 Å². The van der Waals surface area contributed by atoms with Crippen molar-refractivity contribution in [3.8, 4) is 11.5 Å². The van der Waals surface area contributed by atoms with Crippen molar-refractivity contribution in [1.29, 1.82) is 0 Å². The Bertz CT molecular complexity index is 2490. The maximum absolute atomic E-state index is 12.7. The van der Waals surface area contributed by atoms with Crippen molar-refractivity contribution < 1.29 is 85.2 Å². The number of nitrogens with zero attached hydrogens (tertiary/aromatic N) is 5. The van der Waals surface area contributed by atoms with Gasteiger partial charge in [0.1, 0.15) is 11.4 Å². The third-order valence-electron chi connectivity index (χ3n) is 7.08. The van der Waals surface area contributed by atoms with Gasteiger partial charge in [-0.3, -0.25) is 0 Å². The summed E-state index contributed by atoms with van der Waals surface area (Å²) >= 11 is 0. The molecule has 1 heterocycles. The molecule has 0 fully saturated rings. The molecule has 0 bridgehead atoms. The molecule has 5 aromatic rings. The summed E-state index contributed by atoms with van der Waals surface area (Å²) in [5.74, 6) is 0.0323. The van der Waals surface area contributed by atoms with Crippen LogP contribution in [0.5, 0.6) is 11.5 Å². The molecule has 24 heteroatoms. The normalized spacial score (nSPS) is 11.6. The number of nitrogens with one attached hydrogen (secondary N) is 3. The number of nitrogens with two attached hydrogens (primary N) is 1. The molecule has 0 spiro atoms. The first-order valence-corrected chi connectivity index (χ1v) is 17.6. The van der Waals surface area contributed by atoms with Gasteiger partial charge >= 0.3 is 51.6 Å². The maximum Gasteiger partial charge on any atom is 1.00 e. The molecular formula is C30H26N9NaO12S2. The first kappa shape index (κ1) is 41.2. The van der Waals surface area contributed by atoms with Gasteiger partial charge in [0.05, 0.1) is 43.3 Å². The third-order valence-corrected chi connectivity index (χ3v) is 8.85. The summed E-state index contributed by atoms with van der Waals surface area (Å²) < 4.78 is 63.2. The molecule has 54 heavy (non-hydrogen) atoms.